The van der Waals surface area contributed by atoms with E-state index < -0.39 is 35.7 Å². The van der Waals surface area contributed by atoms with Crippen LogP contribution in [0.25, 0.3) is 5.69 Å². The summed E-state index contributed by atoms with van der Waals surface area (Å²) in [6.07, 6.45) is 3.53. The van der Waals surface area contributed by atoms with Gasteiger partial charge in [-0.3, -0.25) is 14.5 Å². The van der Waals surface area contributed by atoms with Gasteiger partial charge in [0, 0.05) is 18.1 Å². The molecule has 1 saturated heterocycles. The molecule has 3 aromatic rings. The van der Waals surface area contributed by atoms with Crippen molar-refractivity contribution in [3.63, 3.8) is 0 Å². The van der Waals surface area contributed by atoms with E-state index in [9.17, 15) is 18.8 Å². The number of hydrogen-bond acceptors (Lipinski definition) is 4. The van der Waals surface area contributed by atoms with Crippen LogP contribution in [0.5, 0.6) is 0 Å². The first kappa shape index (κ1) is 21.2. The zero-order valence-electron chi connectivity index (χ0n) is 17.6. The minimum Gasteiger partial charge on any atom is -0.324 e. The van der Waals surface area contributed by atoms with E-state index in [2.05, 4.69) is 15.6 Å². The first-order valence-corrected chi connectivity index (χ1v) is 10.1. The summed E-state index contributed by atoms with van der Waals surface area (Å²) in [5, 5.41) is 5.27. The average Bonchev–Trinajstić information content (AvgIpc) is 3.31. The molecule has 9 heteroatoms. The van der Waals surface area contributed by atoms with E-state index in [4.69, 9.17) is 0 Å². The zero-order chi connectivity index (χ0) is 22.9. The predicted octanol–water partition coefficient (Wildman–Crippen LogP) is 3.12. The highest BCUT2D eigenvalue weighted by atomic mass is 19.1. The monoisotopic (exact) mass is 435 g/mol. The number of aryl methyl sites for hydroxylation is 1. The molecule has 1 aliphatic heterocycles. The van der Waals surface area contributed by atoms with Crippen molar-refractivity contribution in [2.75, 3.05) is 11.9 Å². The number of amides is 4. The van der Waals surface area contributed by atoms with Crippen LogP contribution < -0.4 is 10.6 Å². The molecule has 2 aromatic carbocycles. The summed E-state index contributed by atoms with van der Waals surface area (Å²) >= 11 is 0. The molecule has 2 heterocycles. The fourth-order valence-corrected chi connectivity index (χ4v) is 3.89. The molecule has 8 nitrogen and oxygen atoms in total. The summed E-state index contributed by atoms with van der Waals surface area (Å²) in [6.45, 7) is 3.06. The molecule has 1 unspecified atom stereocenters. The van der Waals surface area contributed by atoms with E-state index in [1.54, 1.807) is 61.1 Å². The van der Waals surface area contributed by atoms with Crippen LogP contribution in [0.3, 0.4) is 0 Å². The van der Waals surface area contributed by atoms with Crippen molar-refractivity contribution in [3.8, 4) is 5.69 Å². The molecule has 1 aliphatic rings. The number of hydrogen-bond donors (Lipinski definition) is 2. The van der Waals surface area contributed by atoms with Gasteiger partial charge in [0.2, 0.25) is 5.91 Å². The third-order valence-corrected chi connectivity index (χ3v) is 5.59. The molecule has 4 rings (SSSR count). The van der Waals surface area contributed by atoms with E-state index >= 15 is 0 Å². The van der Waals surface area contributed by atoms with Gasteiger partial charge in [-0.1, -0.05) is 37.3 Å². The van der Waals surface area contributed by atoms with Crippen molar-refractivity contribution in [1.29, 1.82) is 0 Å². The number of carbonyl (C=O) groups excluding carboxylic acids is 3. The highest BCUT2D eigenvalue weighted by Gasteiger charge is 2.51. The Labute approximate surface area is 184 Å². The zero-order valence-corrected chi connectivity index (χ0v) is 17.6. The third kappa shape index (κ3) is 3.62. The maximum atomic E-state index is 14.6. The number of rotatable bonds is 6. The van der Waals surface area contributed by atoms with E-state index in [1.165, 1.54) is 12.1 Å². The number of benzene rings is 2. The molecule has 2 N–H and O–H groups in total. The van der Waals surface area contributed by atoms with Gasteiger partial charge in [0.25, 0.3) is 5.91 Å². The number of carbonyl (C=O) groups is 3. The van der Waals surface area contributed by atoms with Crippen LogP contribution >= 0.6 is 0 Å². The number of nitrogens with one attached hydrogen (secondary N) is 2. The number of imide groups is 1. The minimum absolute atomic E-state index is 0.214. The van der Waals surface area contributed by atoms with Crippen molar-refractivity contribution < 1.29 is 18.8 Å². The smallest absolute Gasteiger partial charge is 0.324 e. The number of anilines is 1. The Morgan fingerprint density at radius 3 is 2.56 bits per heavy atom. The van der Waals surface area contributed by atoms with Crippen LogP contribution in [0.4, 0.5) is 14.9 Å². The maximum Gasteiger partial charge on any atom is 0.325 e. The Balaban J connectivity index is 1.49. The number of nitrogens with zero attached hydrogens (tertiary/aromatic N) is 3. The predicted molar refractivity (Wildman–Crippen MR) is 116 cm³/mol. The van der Waals surface area contributed by atoms with Crippen molar-refractivity contribution in [3.05, 3.63) is 78.1 Å². The molecule has 0 aliphatic carbocycles. The van der Waals surface area contributed by atoms with E-state index in [0.717, 1.165) is 4.90 Å². The molecule has 0 radical (unpaired) electrons. The van der Waals surface area contributed by atoms with Gasteiger partial charge in [-0.2, -0.15) is 0 Å². The van der Waals surface area contributed by atoms with Gasteiger partial charge in [0.15, 0.2) is 0 Å². The quantitative estimate of drug-likeness (QED) is 0.582. The first-order chi connectivity index (χ1) is 15.4. The van der Waals surface area contributed by atoms with Gasteiger partial charge in [-0.25, -0.2) is 14.2 Å². The second-order valence-corrected chi connectivity index (χ2v) is 7.51. The Morgan fingerprint density at radius 1 is 1.19 bits per heavy atom. The summed E-state index contributed by atoms with van der Waals surface area (Å²) in [4.78, 5) is 43.1. The number of aromatic nitrogens is 2. The minimum atomic E-state index is -1.21. The summed E-state index contributed by atoms with van der Waals surface area (Å²) < 4.78 is 16.2. The Kier molecular flexibility index (Phi) is 5.48. The second-order valence-electron chi connectivity index (χ2n) is 7.51. The van der Waals surface area contributed by atoms with Crippen LogP contribution in [-0.2, 0) is 15.1 Å². The number of urea groups is 1. The highest BCUT2D eigenvalue weighted by Crippen LogP contribution is 2.32. The SMILES string of the molecule is CCC1(c2ccccc2)NC(=O)N(CC(=O)Nc2ccc(-n3ccnc3C)c(F)c2)C1=O. The molecule has 0 spiro atoms. The summed E-state index contributed by atoms with van der Waals surface area (Å²) in [5.74, 6) is -1.03. The topological polar surface area (TPSA) is 96.3 Å². The van der Waals surface area contributed by atoms with Crippen LogP contribution in [0.15, 0.2) is 60.9 Å². The molecule has 32 heavy (non-hydrogen) atoms. The molecule has 4 amide bonds. The second kappa shape index (κ2) is 8.26. The number of halogens is 1. The van der Waals surface area contributed by atoms with Crippen LogP contribution in [0.1, 0.15) is 24.7 Å². The summed E-state index contributed by atoms with van der Waals surface area (Å²) in [7, 11) is 0. The van der Waals surface area contributed by atoms with Gasteiger partial charge in [0.05, 0.1) is 5.69 Å². The lowest BCUT2D eigenvalue weighted by Crippen LogP contribution is -2.44. The average molecular weight is 435 g/mol. The van der Waals surface area contributed by atoms with Gasteiger partial charge in [-0.05, 0) is 37.1 Å². The normalized spacial score (nSPS) is 18.0. The lowest BCUT2D eigenvalue weighted by atomic mass is 9.87. The maximum absolute atomic E-state index is 14.6. The molecular weight excluding hydrogens is 413 g/mol. The first-order valence-electron chi connectivity index (χ1n) is 10.1. The van der Waals surface area contributed by atoms with E-state index in [-0.39, 0.29) is 5.69 Å². The van der Waals surface area contributed by atoms with Gasteiger partial charge in [0.1, 0.15) is 23.7 Å². The van der Waals surface area contributed by atoms with Gasteiger partial charge < -0.3 is 15.2 Å². The molecule has 1 atom stereocenters. The fourth-order valence-electron chi connectivity index (χ4n) is 3.89. The van der Waals surface area contributed by atoms with Crippen molar-refractivity contribution >= 4 is 23.5 Å². The van der Waals surface area contributed by atoms with Crippen LogP contribution in [-0.4, -0.2) is 38.8 Å². The van der Waals surface area contributed by atoms with Crippen LogP contribution in [0, 0.1) is 12.7 Å². The van der Waals surface area contributed by atoms with Crippen LogP contribution in [0.2, 0.25) is 0 Å². The van der Waals surface area contributed by atoms with Crippen molar-refractivity contribution in [2.45, 2.75) is 25.8 Å². The summed E-state index contributed by atoms with van der Waals surface area (Å²) in [5.41, 5.74) is -0.0560. The largest absolute Gasteiger partial charge is 0.325 e. The number of imidazole rings is 1. The molecule has 0 bridgehead atoms. The van der Waals surface area contributed by atoms with E-state index in [1.807, 2.05) is 6.07 Å². The molecule has 164 valence electrons. The third-order valence-electron chi connectivity index (χ3n) is 5.59. The lowest BCUT2D eigenvalue weighted by molar-refractivity contribution is -0.134. The molecular formula is C23H22FN5O3. The van der Waals surface area contributed by atoms with Gasteiger partial charge in [-0.15, -0.1) is 0 Å². The standard InChI is InChI=1S/C23H22FN5O3/c1-3-23(16-7-5-4-6-8-16)21(31)29(22(32)27-23)14-20(30)26-17-9-10-19(18(24)13-17)28-12-11-25-15(28)2/h4-13H,3,14H2,1-2H3,(H,26,30)(H,27,32). The molecule has 1 fully saturated rings. The Morgan fingerprint density at radius 2 is 1.94 bits per heavy atom. The molecule has 0 saturated carbocycles. The Bertz CT molecular complexity index is 1190. The van der Waals surface area contributed by atoms with Crippen molar-refractivity contribution in [1.82, 2.24) is 19.8 Å². The van der Waals surface area contributed by atoms with Gasteiger partial charge >= 0.3 is 6.03 Å². The van der Waals surface area contributed by atoms with Crippen molar-refractivity contribution in [2.24, 2.45) is 0 Å². The molecule has 1 aromatic heterocycles. The summed E-state index contributed by atoms with van der Waals surface area (Å²) in [6, 6.07) is 12.5. The lowest BCUT2D eigenvalue weighted by Gasteiger charge is -2.25. The van der Waals surface area contributed by atoms with E-state index in [0.29, 0.717) is 23.5 Å². The Hall–Kier alpha value is -4.01. The fraction of sp³-hybridized carbons (Fsp3) is 0.217. The highest BCUT2D eigenvalue weighted by molar-refractivity contribution is 6.10.